The largest absolute Gasteiger partial charge is 0.309 e. The zero-order chi connectivity index (χ0) is 15.0. The van der Waals surface area contributed by atoms with E-state index in [4.69, 9.17) is 0 Å². The quantitative estimate of drug-likeness (QED) is 0.771. The van der Waals surface area contributed by atoms with Gasteiger partial charge in [0, 0.05) is 17.0 Å². The second-order valence-corrected chi connectivity index (χ2v) is 6.94. The van der Waals surface area contributed by atoms with Crippen LogP contribution in [0.3, 0.4) is 0 Å². The summed E-state index contributed by atoms with van der Waals surface area (Å²) >= 11 is 0. The van der Waals surface area contributed by atoms with E-state index in [-0.39, 0.29) is 23.3 Å². The Morgan fingerprint density at radius 2 is 2.00 bits per heavy atom. The highest BCUT2D eigenvalue weighted by molar-refractivity contribution is 5.82. The summed E-state index contributed by atoms with van der Waals surface area (Å²) in [5, 5.41) is 0. The molecule has 0 saturated carbocycles. The summed E-state index contributed by atoms with van der Waals surface area (Å²) in [5.41, 5.74) is 2.66. The van der Waals surface area contributed by atoms with Crippen molar-refractivity contribution in [1.82, 2.24) is 4.90 Å². The lowest BCUT2D eigenvalue weighted by Crippen LogP contribution is -2.49. The van der Waals surface area contributed by atoms with Crippen LogP contribution in [0.1, 0.15) is 58.1 Å². The Morgan fingerprint density at radius 1 is 1.29 bits per heavy atom. The summed E-state index contributed by atoms with van der Waals surface area (Å²) in [6.07, 6.45) is 6.86. The van der Waals surface area contributed by atoms with Gasteiger partial charge < -0.3 is 4.90 Å². The van der Waals surface area contributed by atoms with Crippen LogP contribution in [0.2, 0.25) is 0 Å². The molecule has 112 valence electrons. The van der Waals surface area contributed by atoms with E-state index in [0.717, 1.165) is 12.8 Å². The first-order valence-corrected chi connectivity index (χ1v) is 8.11. The highest BCUT2D eigenvalue weighted by Crippen LogP contribution is 2.50. The fraction of sp³-hybridized carbons (Fsp3) is 0.526. The lowest BCUT2D eigenvalue weighted by atomic mass is 9.68. The predicted molar refractivity (Wildman–Crippen MR) is 85.5 cm³/mol. The monoisotopic (exact) mass is 283 g/mol. The van der Waals surface area contributed by atoms with Crippen LogP contribution >= 0.6 is 0 Å². The molecule has 1 heterocycles. The van der Waals surface area contributed by atoms with Crippen molar-refractivity contribution in [2.45, 2.75) is 52.5 Å². The maximum atomic E-state index is 12.8. The summed E-state index contributed by atoms with van der Waals surface area (Å²) in [6.45, 7) is 6.58. The Hall–Kier alpha value is -1.57. The highest BCUT2D eigenvalue weighted by atomic mass is 16.2. The van der Waals surface area contributed by atoms with Gasteiger partial charge >= 0.3 is 0 Å². The molecule has 1 fully saturated rings. The van der Waals surface area contributed by atoms with E-state index >= 15 is 0 Å². The minimum Gasteiger partial charge on any atom is -0.309 e. The molecule has 0 aromatic heterocycles. The molecule has 3 rings (SSSR count). The standard InChI is InChI=1S/C19H25NO/c1-14-13-19(3)12-8-7-11-17(19)20(18(14)21)15(2)16-9-5-4-6-10-16/h4-6,9-11,14-15H,7-8,12-13H2,1-3H3/t14-,15-,19+/m0/s1. The van der Waals surface area contributed by atoms with E-state index < -0.39 is 0 Å². The van der Waals surface area contributed by atoms with Crippen LogP contribution < -0.4 is 0 Å². The molecule has 3 atom stereocenters. The average Bonchev–Trinajstić information content (AvgIpc) is 2.49. The number of hydrogen-bond acceptors (Lipinski definition) is 1. The minimum atomic E-state index is 0.116. The van der Waals surface area contributed by atoms with Crippen molar-refractivity contribution in [3.05, 3.63) is 47.7 Å². The van der Waals surface area contributed by atoms with Gasteiger partial charge in [-0.15, -0.1) is 0 Å². The number of nitrogens with zero attached hydrogens (tertiary/aromatic N) is 1. The van der Waals surface area contributed by atoms with Gasteiger partial charge in [0.1, 0.15) is 0 Å². The summed E-state index contributed by atoms with van der Waals surface area (Å²) in [6, 6.07) is 10.5. The van der Waals surface area contributed by atoms with E-state index in [0.29, 0.717) is 0 Å². The van der Waals surface area contributed by atoms with E-state index in [1.165, 1.54) is 24.1 Å². The van der Waals surface area contributed by atoms with Gasteiger partial charge in [-0.1, -0.05) is 50.3 Å². The molecule has 2 nitrogen and oxygen atoms in total. The molecule has 0 radical (unpaired) electrons. The number of amides is 1. The molecule has 1 aliphatic carbocycles. The Bertz CT molecular complexity index is 562. The zero-order valence-electron chi connectivity index (χ0n) is 13.3. The third kappa shape index (κ3) is 2.41. The fourth-order valence-corrected chi connectivity index (χ4v) is 4.10. The lowest BCUT2D eigenvalue weighted by molar-refractivity contribution is -0.141. The van der Waals surface area contributed by atoms with Crippen LogP contribution in [0.25, 0.3) is 0 Å². The number of rotatable bonds is 2. The summed E-state index contributed by atoms with van der Waals surface area (Å²) in [5.74, 6) is 0.411. The zero-order valence-corrected chi connectivity index (χ0v) is 13.3. The average molecular weight is 283 g/mol. The molecule has 2 aliphatic rings. The van der Waals surface area contributed by atoms with Crippen molar-refractivity contribution in [3.63, 3.8) is 0 Å². The number of carbonyl (C=O) groups is 1. The van der Waals surface area contributed by atoms with Crippen LogP contribution in [0.4, 0.5) is 0 Å². The molecule has 0 spiro atoms. The first-order chi connectivity index (χ1) is 10.0. The molecular weight excluding hydrogens is 258 g/mol. The first-order valence-electron chi connectivity index (χ1n) is 8.11. The van der Waals surface area contributed by atoms with E-state index in [1.54, 1.807) is 0 Å². The summed E-state index contributed by atoms with van der Waals surface area (Å²) < 4.78 is 0. The van der Waals surface area contributed by atoms with E-state index in [2.05, 4.69) is 56.0 Å². The van der Waals surface area contributed by atoms with Gasteiger partial charge in [0.15, 0.2) is 0 Å². The Morgan fingerprint density at radius 3 is 2.71 bits per heavy atom. The SMILES string of the molecule is C[C@H]1C[C@@]2(C)CCCC=C2N([C@@H](C)c2ccccc2)C1=O. The number of likely N-dealkylation sites (tertiary alicyclic amines) is 1. The first kappa shape index (κ1) is 14.4. The van der Waals surface area contributed by atoms with Gasteiger partial charge in [0.25, 0.3) is 0 Å². The third-order valence-corrected chi connectivity index (χ3v) is 5.23. The Labute approximate surface area is 127 Å². The number of allylic oxidation sites excluding steroid dienone is 2. The van der Waals surface area contributed by atoms with Crippen molar-refractivity contribution in [3.8, 4) is 0 Å². The molecule has 0 bridgehead atoms. The molecular formula is C19H25NO. The second kappa shape index (κ2) is 5.32. The number of fused-ring (bicyclic) bond motifs is 1. The molecule has 1 aromatic carbocycles. The molecule has 1 aliphatic heterocycles. The van der Waals surface area contributed by atoms with Crippen molar-refractivity contribution >= 4 is 5.91 Å². The number of carbonyl (C=O) groups excluding carboxylic acids is 1. The number of hydrogen-bond donors (Lipinski definition) is 0. The minimum absolute atomic E-state index is 0.116. The van der Waals surface area contributed by atoms with Crippen LogP contribution in [-0.4, -0.2) is 10.8 Å². The Kier molecular flexibility index (Phi) is 3.64. The molecule has 1 saturated heterocycles. The molecule has 1 amide bonds. The maximum absolute atomic E-state index is 12.8. The van der Waals surface area contributed by atoms with Gasteiger partial charge in [-0.2, -0.15) is 0 Å². The van der Waals surface area contributed by atoms with Crippen molar-refractivity contribution in [2.24, 2.45) is 11.3 Å². The molecule has 0 unspecified atom stereocenters. The predicted octanol–water partition coefficient (Wildman–Crippen LogP) is 4.69. The number of piperidine rings is 1. The van der Waals surface area contributed by atoms with Gasteiger partial charge in [0.05, 0.1) is 6.04 Å². The maximum Gasteiger partial charge on any atom is 0.230 e. The van der Waals surface area contributed by atoms with Gasteiger partial charge in [-0.05, 0) is 38.2 Å². The van der Waals surface area contributed by atoms with Gasteiger partial charge in [-0.3, -0.25) is 4.79 Å². The summed E-state index contributed by atoms with van der Waals surface area (Å²) in [7, 11) is 0. The van der Waals surface area contributed by atoms with Gasteiger partial charge in [0.2, 0.25) is 5.91 Å². The summed E-state index contributed by atoms with van der Waals surface area (Å²) in [4.78, 5) is 14.9. The van der Waals surface area contributed by atoms with E-state index in [1.807, 2.05) is 6.07 Å². The molecule has 0 N–H and O–H groups in total. The molecule has 1 aromatic rings. The molecule has 2 heteroatoms. The van der Waals surface area contributed by atoms with Crippen LogP contribution in [0, 0.1) is 11.3 Å². The number of benzene rings is 1. The second-order valence-electron chi connectivity index (χ2n) is 6.94. The van der Waals surface area contributed by atoms with Crippen molar-refractivity contribution in [1.29, 1.82) is 0 Å². The normalized spacial score (nSPS) is 30.6. The van der Waals surface area contributed by atoms with Gasteiger partial charge in [-0.25, -0.2) is 0 Å². The topological polar surface area (TPSA) is 20.3 Å². The van der Waals surface area contributed by atoms with Crippen molar-refractivity contribution in [2.75, 3.05) is 0 Å². The van der Waals surface area contributed by atoms with Crippen molar-refractivity contribution < 1.29 is 4.79 Å². The Balaban J connectivity index is 2.01. The molecule has 21 heavy (non-hydrogen) atoms. The van der Waals surface area contributed by atoms with Crippen LogP contribution in [0.15, 0.2) is 42.1 Å². The lowest BCUT2D eigenvalue weighted by Gasteiger charge is -2.49. The van der Waals surface area contributed by atoms with E-state index in [9.17, 15) is 4.79 Å². The smallest absolute Gasteiger partial charge is 0.230 e. The fourth-order valence-electron chi connectivity index (χ4n) is 4.10. The van der Waals surface area contributed by atoms with Crippen LogP contribution in [-0.2, 0) is 4.79 Å². The van der Waals surface area contributed by atoms with Crippen LogP contribution in [0.5, 0.6) is 0 Å². The third-order valence-electron chi connectivity index (χ3n) is 5.23. The highest BCUT2D eigenvalue weighted by Gasteiger charge is 2.45.